The summed E-state index contributed by atoms with van der Waals surface area (Å²) in [6.45, 7) is 8.75. The predicted molar refractivity (Wildman–Crippen MR) is 116 cm³/mol. The minimum absolute atomic E-state index is 0.0233. The molecule has 4 aliphatic heterocycles. The molecule has 176 valence electrons. The molecule has 4 saturated heterocycles. The van der Waals surface area contributed by atoms with Gasteiger partial charge in [-0.25, -0.2) is 0 Å². The number of ether oxygens (including phenoxy) is 2. The lowest BCUT2D eigenvalue weighted by molar-refractivity contribution is -0.139. The third kappa shape index (κ3) is 4.82. The van der Waals surface area contributed by atoms with Gasteiger partial charge in [-0.3, -0.25) is 9.11 Å². The Morgan fingerprint density at radius 1 is 0.656 bits per heavy atom. The first kappa shape index (κ1) is 23.5. The van der Waals surface area contributed by atoms with Gasteiger partial charge in [-0.15, -0.1) is 0 Å². The third-order valence-electron chi connectivity index (χ3n) is 6.03. The van der Waals surface area contributed by atoms with Gasteiger partial charge in [0.25, 0.3) is 20.2 Å². The Morgan fingerprint density at radius 2 is 1.00 bits per heavy atom. The first-order chi connectivity index (χ1) is 15.0. The zero-order valence-electron chi connectivity index (χ0n) is 17.3. The zero-order valence-corrected chi connectivity index (χ0v) is 18.9. The third-order valence-corrected chi connectivity index (χ3v) is 7.85. The van der Waals surface area contributed by atoms with Crippen molar-refractivity contribution in [1.82, 2.24) is 10.6 Å². The van der Waals surface area contributed by atoms with Crippen molar-refractivity contribution in [3.05, 3.63) is 36.4 Å². The van der Waals surface area contributed by atoms with Crippen LogP contribution in [0.4, 0.5) is 0 Å². The van der Waals surface area contributed by atoms with Gasteiger partial charge in [0, 0.05) is 47.8 Å². The molecule has 2 spiro atoms. The van der Waals surface area contributed by atoms with Gasteiger partial charge in [0.05, 0.1) is 26.4 Å². The van der Waals surface area contributed by atoms with Gasteiger partial charge in [0.1, 0.15) is 9.79 Å². The molecular formula is C20H26N2O8S2. The van der Waals surface area contributed by atoms with Crippen LogP contribution in [0.15, 0.2) is 46.2 Å². The van der Waals surface area contributed by atoms with Gasteiger partial charge in [0.15, 0.2) is 0 Å². The lowest BCUT2D eigenvalue weighted by atomic mass is 9.80. The van der Waals surface area contributed by atoms with E-state index in [9.17, 15) is 16.8 Å². The summed E-state index contributed by atoms with van der Waals surface area (Å²) < 4.78 is 72.8. The molecule has 6 rings (SSSR count). The molecule has 4 aliphatic rings. The highest BCUT2D eigenvalue weighted by atomic mass is 32.2. The highest BCUT2D eigenvalue weighted by molar-refractivity contribution is 7.86. The van der Waals surface area contributed by atoms with Crippen molar-refractivity contribution in [3.63, 3.8) is 0 Å². The van der Waals surface area contributed by atoms with Gasteiger partial charge in [-0.1, -0.05) is 24.3 Å². The molecular weight excluding hydrogens is 460 g/mol. The van der Waals surface area contributed by atoms with Crippen LogP contribution in [0, 0.1) is 10.8 Å². The van der Waals surface area contributed by atoms with E-state index in [4.69, 9.17) is 18.6 Å². The van der Waals surface area contributed by atoms with E-state index in [1.807, 2.05) is 0 Å². The molecule has 0 radical (unpaired) electrons. The second-order valence-electron chi connectivity index (χ2n) is 8.75. The second-order valence-corrected chi connectivity index (χ2v) is 11.5. The Kier molecular flexibility index (Phi) is 6.33. The maximum absolute atomic E-state index is 11.2. The number of rotatable bonds is 2. The van der Waals surface area contributed by atoms with E-state index in [1.54, 1.807) is 0 Å². The van der Waals surface area contributed by atoms with Crippen molar-refractivity contribution in [3.8, 4) is 0 Å². The number of hydrogen-bond acceptors (Lipinski definition) is 8. The quantitative estimate of drug-likeness (QED) is 0.443. The molecule has 0 unspecified atom stereocenters. The van der Waals surface area contributed by atoms with E-state index in [0.29, 0.717) is 10.8 Å². The average Bonchev–Trinajstić information content (AvgIpc) is 2.55. The van der Waals surface area contributed by atoms with Gasteiger partial charge >= 0.3 is 0 Å². The topological polar surface area (TPSA) is 151 Å². The van der Waals surface area contributed by atoms with Crippen LogP contribution in [0.2, 0.25) is 0 Å². The normalized spacial score (nSPS) is 22.2. The minimum atomic E-state index is -4.47. The minimum Gasteiger partial charge on any atom is -0.380 e. The van der Waals surface area contributed by atoms with E-state index in [2.05, 4.69) is 10.6 Å². The fraction of sp³-hybridized carbons (Fsp3) is 0.500. The summed E-state index contributed by atoms with van der Waals surface area (Å²) in [5.74, 6) is 0. The van der Waals surface area contributed by atoms with Crippen LogP contribution < -0.4 is 10.6 Å². The smallest absolute Gasteiger partial charge is 0.295 e. The van der Waals surface area contributed by atoms with Crippen LogP contribution in [0.3, 0.4) is 0 Å². The van der Waals surface area contributed by atoms with Gasteiger partial charge in [0.2, 0.25) is 0 Å². The summed E-state index contributed by atoms with van der Waals surface area (Å²) in [6, 6.07) is 7.53. The maximum atomic E-state index is 11.2. The molecule has 0 atom stereocenters. The van der Waals surface area contributed by atoms with E-state index in [1.165, 1.54) is 50.4 Å². The second kappa shape index (κ2) is 8.61. The first-order valence-electron chi connectivity index (χ1n) is 10.1. The van der Waals surface area contributed by atoms with E-state index in [0.717, 1.165) is 38.6 Å². The molecule has 2 aromatic rings. The number of fused-ring (bicyclic) bond motifs is 1. The molecule has 12 heteroatoms. The van der Waals surface area contributed by atoms with Crippen molar-refractivity contribution in [2.24, 2.45) is 10.8 Å². The molecule has 0 aromatic heterocycles. The number of benzene rings is 2. The fourth-order valence-corrected chi connectivity index (χ4v) is 5.26. The highest BCUT2D eigenvalue weighted by Crippen LogP contribution is 2.31. The zero-order chi connectivity index (χ0) is 23.0. The molecule has 0 saturated carbocycles. The Hall–Kier alpha value is -1.64. The monoisotopic (exact) mass is 486 g/mol. The van der Waals surface area contributed by atoms with E-state index in [-0.39, 0.29) is 10.8 Å². The molecule has 4 heterocycles. The molecule has 10 nitrogen and oxygen atoms in total. The predicted octanol–water partition coefficient (Wildman–Crippen LogP) is 0.546. The van der Waals surface area contributed by atoms with Gasteiger partial charge in [-0.2, -0.15) is 16.8 Å². The molecule has 0 amide bonds. The first-order valence-corrected chi connectivity index (χ1v) is 13.0. The molecule has 4 N–H and O–H groups in total. The lowest BCUT2D eigenvalue weighted by Crippen LogP contribution is -2.64. The standard InChI is InChI=1S/C10H8O6S2.2C5H9NO/c11-17(12,13)9-5-1-3-7-8(9)4-2-6-10(7)18(14,15)16;2*1-5(2-6-1)3-7-4-5/h1-6H,(H,11,12,13)(H,14,15,16);2*6H,1-4H2. The maximum Gasteiger partial charge on any atom is 0.295 e. The van der Waals surface area contributed by atoms with Crippen LogP contribution in [0.5, 0.6) is 0 Å². The number of hydrogen-bond donors (Lipinski definition) is 4. The van der Waals surface area contributed by atoms with Crippen molar-refractivity contribution >= 4 is 31.0 Å². The Morgan fingerprint density at radius 3 is 1.16 bits per heavy atom. The summed E-state index contributed by atoms with van der Waals surface area (Å²) in [5.41, 5.74) is 1.22. The molecule has 2 aromatic carbocycles. The SMILES string of the molecule is C1NCC12COC2.C1NCC12COC2.O=S(=O)(O)c1cccc2c(S(=O)(=O)O)cccc12. The summed E-state index contributed by atoms with van der Waals surface area (Å²) in [5, 5.41) is 6.49. The largest absolute Gasteiger partial charge is 0.380 e. The number of nitrogens with one attached hydrogen (secondary N) is 2. The van der Waals surface area contributed by atoms with Crippen LogP contribution in [-0.2, 0) is 29.7 Å². The van der Waals surface area contributed by atoms with Gasteiger partial charge in [-0.05, 0) is 12.1 Å². The summed E-state index contributed by atoms with van der Waals surface area (Å²) in [6.07, 6.45) is 0. The van der Waals surface area contributed by atoms with E-state index >= 15 is 0 Å². The van der Waals surface area contributed by atoms with Crippen molar-refractivity contribution in [1.29, 1.82) is 0 Å². The van der Waals surface area contributed by atoms with Crippen molar-refractivity contribution in [2.45, 2.75) is 9.79 Å². The molecule has 0 aliphatic carbocycles. The Labute approximate surface area is 186 Å². The van der Waals surface area contributed by atoms with Crippen molar-refractivity contribution in [2.75, 3.05) is 52.6 Å². The lowest BCUT2D eigenvalue weighted by Gasteiger charge is -2.48. The highest BCUT2D eigenvalue weighted by Gasteiger charge is 2.44. The molecule has 4 fully saturated rings. The summed E-state index contributed by atoms with van der Waals surface area (Å²) >= 11 is 0. The van der Waals surface area contributed by atoms with Crippen LogP contribution >= 0.6 is 0 Å². The summed E-state index contributed by atoms with van der Waals surface area (Å²) in [4.78, 5) is -0.823. The average molecular weight is 487 g/mol. The fourth-order valence-electron chi connectivity index (χ4n) is 3.85. The van der Waals surface area contributed by atoms with Crippen molar-refractivity contribution < 1.29 is 35.4 Å². The molecule has 32 heavy (non-hydrogen) atoms. The Bertz CT molecular complexity index is 1070. The van der Waals surface area contributed by atoms with Gasteiger partial charge < -0.3 is 20.1 Å². The van der Waals surface area contributed by atoms with Crippen LogP contribution in [0.25, 0.3) is 10.8 Å². The summed E-state index contributed by atoms with van der Waals surface area (Å²) in [7, 11) is -8.94. The van der Waals surface area contributed by atoms with Crippen LogP contribution in [0.1, 0.15) is 0 Å². The molecule has 0 bridgehead atoms. The van der Waals surface area contributed by atoms with E-state index < -0.39 is 30.0 Å². The van der Waals surface area contributed by atoms with Crippen LogP contribution in [-0.4, -0.2) is 78.5 Å². The Balaban J connectivity index is 0.000000140.